The Hall–Kier alpha value is -2.04. The van der Waals surface area contributed by atoms with Crippen LogP contribution in [0.15, 0.2) is 29.7 Å². The summed E-state index contributed by atoms with van der Waals surface area (Å²) in [7, 11) is -3.23. The van der Waals surface area contributed by atoms with Crippen LogP contribution in [0.3, 0.4) is 0 Å². The summed E-state index contributed by atoms with van der Waals surface area (Å²) in [5.41, 5.74) is 6.61. The van der Waals surface area contributed by atoms with E-state index in [0.717, 1.165) is 18.2 Å². The van der Waals surface area contributed by atoms with Crippen molar-refractivity contribution in [3.8, 4) is 6.07 Å². The zero-order valence-electron chi connectivity index (χ0n) is 15.6. The molecule has 1 aliphatic heterocycles. The molecule has 0 radical (unpaired) electrons. The second-order valence-electron chi connectivity index (χ2n) is 7.61. The van der Waals surface area contributed by atoms with Gasteiger partial charge in [-0.25, -0.2) is 13.2 Å². The first-order valence-corrected chi connectivity index (χ1v) is 10.9. The Labute approximate surface area is 165 Å². The number of likely N-dealkylation sites (tertiary alicyclic amines) is 1. The number of hydrogen-bond donors (Lipinski definition) is 1. The van der Waals surface area contributed by atoms with Crippen molar-refractivity contribution in [2.75, 3.05) is 12.8 Å². The zero-order chi connectivity index (χ0) is 20.4. The lowest BCUT2D eigenvalue weighted by Gasteiger charge is -2.49. The number of piperidine rings is 1. The number of benzene rings is 1. The molecule has 1 aromatic rings. The molecule has 1 saturated heterocycles. The molecule has 2 unspecified atom stereocenters. The van der Waals surface area contributed by atoms with Crippen LogP contribution in [-0.4, -0.2) is 32.1 Å². The Balaban J connectivity index is 2.52. The Morgan fingerprint density at radius 1 is 1.48 bits per heavy atom. The van der Waals surface area contributed by atoms with Crippen molar-refractivity contribution in [2.45, 2.75) is 32.7 Å². The Morgan fingerprint density at radius 2 is 2.15 bits per heavy atom. The molecule has 1 aliphatic rings. The SMILES string of the molecule is CC1(C)CCN(C(N)=O)C(c2ccc(C#N)c(Cl)c2)C1C/C=C/S(C)(=O)=O. The largest absolute Gasteiger partial charge is 0.351 e. The lowest BCUT2D eigenvalue weighted by atomic mass is 9.66. The monoisotopic (exact) mass is 409 g/mol. The van der Waals surface area contributed by atoms with E-state index in [1.54, 1.807) is 29.2 Å². The molecular formula is C19H24ClN3O3S. The number of halogens is 1. The van der Waals surface area contributed by atoms with Crippen LogP contribution < -0.4 is 5.73 Å². The van der Waals surface area contributed by atoms with Gasteiger partial charge < -0.3 is 10.6 Å². The molecule has 1 aromatic carbocycles. The van der Waals surface area contributed by atoms with E-state index in [9.17, 15) is 13.2 Å². The van der Waals surface area contributed by atoms with E-state index < -0.39 is 15.9 Å². The summed E-state index contributed by atoms with van der Waals surface area (Å²) in [6.45, 7) is 4.70. The van der Waals surface area contributed by atoms with Crippen molar-refractivity contribution in [1.29, 1.82) is 5.26 Å². The van der Waals surface area contributed by atoms with Crippen LogP contribution in [0.25, 0.3) is 0 Å². The number of sulfone groups is 1. The molecule has 0 aliphatic carbocycles. The highest BCUT2D eigenvalue weighted by atomic mass is 35.5. The number of allylic oxidation sites excluding steroid dienone is 1. The highest BCUT2D eigenvalue weighted by Gasteiger charge is 2.44. The van der Waals surface area contributed by atoms with Gasteiger partial charge in [0.2, 0.25) is 0 Å². The van der Waals surface area contributed by atoms with Gasteiger partial charge >= 0.3 is 6.03 Å². The first-order valence-electron chi connectivity index (χ1n) is 8.58. The maximum Gasteiger partial charge on any atom is 0.315 e. The number of rotatable bonds is 4. The number of nitrogens with two attached hydrogens (primary N) is 1. The fourth-order valence-corrected chi connectivity index (χ4v) is 4.36. The quantitative estimate of drug-likeness (QED) is 0.819. The predicted molar refractivity (Wildman–Crippen MR) is 106 cm³/mol. The van der Waals surface area contributed by atoms with Crippen molar-refractivity contribution >= 4 is 27.5 Å². The van der Waals surface area contributed by atoms with Crippen LogP contribution >= 0.6 is 11.6 Å². The molecule has 0 spiro atoms. The molecule has 1 heterocycles. The van der Waals surface area contributed by atoms with Gasteiger partial charge in [-0.05, 0) is 41.9 Å². The summed E-state index contributed by atoms with van der Waals surface area (Å²) in [5.74, 6) is -0.0687. The van der Waals surface area contributed by atoms with E-state index in [2.05, 4.69) is 13.8 Å². The van der Waals surface area contributed by atoms with Crippen molar-refractivity contribution in [2.24, 2.45) is 17.1 Å². The summed E-state index contributed by atoms with van der Waals surface area (Å²) in [5, 5.41) is 10.6. The molecule has 2 N–H and O–H groups in total. The first-order chi connectivity index (χ1) is 12.5. The lowest BCUT2D eigenvalue weighted by molar-refractivity contribution is 0.0266. The summed E-state index contributed by atoms with van der Waals surface area (Å²) >= 11 is 6.21. The number of urea groups is 1. The van der Waals surface area contributed by atoms with Crippen molar-refractivity contribution in [1.82, 2.24) is 4.90 Å². The molecular weight excluding hydrogens is 386 g/mol. The third-order valence-electron chi connectivity index (χ3n) is 5.19. The molecule has 0 bridgehead atoms. The van der Waals surface area contributed by atoms with Gasteiger partial charge in [-0.3, -0.25) is 0 Å². The van der Waals surface area contributed by atoms with Crippen molar-refractivity contribution in [3.05, 3.63) is 45.8 Å². The normalized spacial score (nSPS) is 22.6. The minimum absolute atomic E-state index is 0.0687. The summed E-state index contributed by atoms with van der Waals surface area (Å²) in [6, 6.07) is 6.22. The smallest absolute Gasteiger partial charge is 0.315 e. The number of primary amides is 1. The zero-order valence-corrected chi connectivity index (χ0v) is 17.2. The molecule has 0 aromatic heterocycles. The molecule has 6 nitrogen and oxygen atoms in total. The summed E-state index contributed by atoms with van der Waals surface area (Å²) in [6.07, 6.45) is 3.98. The summed E-state index contributed by atoms with van der Waals surface area (Å²) < 4.78 is 22.9. The predicted octanol–water partition coefficient (Wildman–Crippen LogP) is 3.63. The third-order valence-corrected chi connectivity index (χ3v) is 6.19. The van der Waals surface area contributed by atoms with Crippen LogP contribution in [0.5, 0.6) is 0 Å². The highest BCUT2D eigenvalue weighted by Crippen LogP contribution is 2.48. The van der Waals surface area contributed by atoms with Gasteiger partial charge in [0.25, 0.3) is 0 Å². The number of hydrogen-bond acceptors (Lipinski definition) is 4. The standard InChI is InChI=1S/C19H24ClN3O3S/c1-19(2)8-9-23(18(22)24)17(15(19)5-4-10-27(3,25)26)13-6-7-14(12-21)16(20)11-13/h4,6-7,10-11,15,17H,5,8-9H2,1-3H3,(H2,22,24)/b10-4+. The highest BCUT2D eigenvalue weighted by molar-refractivity contribution is 7.93. The average Bonchev–Trinajstić information content (AvgIpc) is 2.54. The molecule has 2 amide bonds. The molecule has 1 fully saturated rings. The molecule has 146 valence electrons. The first kappa shape index (κ1) is 21.3. The third kappa shape index (κ3) is 5.02. The maximum absolute atomic E-state index is 12.1. The second-order valence-corrected chi connectivity index (χ2v) is 9.95. The van der Waals surface area contributed by atoms with Crippen LogP contribution in [0.4, 0.5) is 4.79 Å². The number of nitrogens with zero attached hydrogens (tertiary/aromatic N) is 2. The maximum atomic E-state index is 12.1. The van der Waals surface area contributed by atoms with Crippen LogP contribution in [0.2, 0.25) is 5.02 Å². The molecule has 0 saturated carbocycles. The van der Waals surface area contributed by atoms with E-state index in [1.165, 1.54) is 5.41 Å². The van der Waals surface area contributed by atoms with E-state index in [0.29, 0.717) is 23.6 Å². The van der Waals surface area contributed by atoms with Crippen LogP contribution in [0, 0.1) is 22.7 Å². The number of amides is 2. The summed E-state index contributed by atoms with van der Waals surface area (Å²) in [4.78, 5) is 13.7. The van der Waals surface area contributed by atoms with E-state index in [1.807, 2.05) is 6.07 Å². The lowest BCUT2D eigenvalue weighted by Crippen LogP contribution is -2.51. The molecule has 8 heteroatoms. The van der Waals surface area contributed by atoms with Crippen molar-refractivity contribution in [3.63, 3.8) is 0 Å². The number of carbonyl (C=O) groups is 1. The number of nitriles is 1. The van der Waals surface area contributed by atoms with Gasteiger partial charge in [-0.2, -0.15) is 5.26 Å². The Kier molecular flexibility index (Phi) is 6.23. The second kappa shape index (κ2) is 7.91. The Morgan fingerprint density at radius 3 is 2.67 bits per heavy atom. The van der Waals surface area contributed by atoms with Crippen LogP contribution in [0.1, 0.15) is 43.9 Å². The molecule has 2 rings (SSSR count). The van der Waals surface area contributed by atoms with Gasteiger partial charge in [-0.15, -0.1) is 0 Å². The molecule has 27 heavy (non-hydrogen) atoms. The fourth-order valence-electron chi connectivity index (χ4n) is 3.67. The fraction of sp³-hybridized carbons (Fsp3) is 0.474. The van der Waals surface area contributed by atoms with Crippen molar-refractivity contribution < 1.29 is 13.2 Å². The van der Waals surface area contributed by atoms with E-state index >= 15 is 0 Å². The average molecular weight is 410 g/mol. The van der Waals surface area contributed by atoms with Gasteiger partial charge in [0.05, 0.1) is 16.6 Å². The van der Waals surface area contributed by atoms with E-state index in [4.69, 9.17) is 22.6 Å². The topological polar surface area (TPSA) is 104 Å². The van der Waals surface area contributed by atoms with Gasteiger partial charge in [-0.1, -0.05) is 37.6 Å². The Bertz CT molecular complexity index is 903. The number of carbonyl (C=O) groups excluding carboxylic acids is 1. The van der Waals surface area contributed by atoms with Gasteiger partial charge in [0.15, 0.2) is 9.84 Å². The van der Waals surface area contributed by atoms with E-state index in [-0.39, 0.29) is 17.4 Å². The van der Waals surface area contributed by atoms with Gasteiger partial charge in [0, 0.05) is 18.2 Å². The van der Waals surface area contributed by atoms with Crippen LogP contribution in [-0.2, 0) is 9.84 Å². The van der Waals surface area contributed by atoms with Gasteiger partial charge in [0.1, 0.15) is 6.07 Å². The minimum Gasteiger partial charge on any atom is -0.351 e. The minimum atomic E-state index is -3.23. The molecule has 2 atom stereocenters.